The molecule has 0 radical (unpaired) electrons. The third-order valence-electron chi connectivity index (χ3n) is 5.46. The van der Waals surface area contributed by atoms with E-state index in [2.05, 4.69) is 31.9 Å². The highest BCUT2D eigenvalue weighted by Gasteiger charge is 2.35. The maximum atomic E-state index is 11.8. The lowest BCUT2D eigenvalue weighted by atomic mass is 10.4. The van der Waals surface area contributed by atoms with Gasteiger partial charge in [-0.3, -0.25) is 4.79 Å². The summed E-state index contributed by atoms with van der Waals surface area (Å²) in [4.78, 5) is 11.8. The Labute approximate surface area is 151 Å². The zero-order valence-corrected chi connectivity index (χ0v) is 18.9. The lowest BCUT2D eigenvalue weighted by Crippen LogP contribution is -2.53. The first-order valence-corrected chi connectivity index (χ1v) is 14.5. The van der Waals surface area contributed by atoms with Gasteiger partial charge in [0.2, 0.25) is 0 Å². The van der Waals surface area contributed by atoms with Crippen LogP contribution in [-0.4, -0.2) is 61.2 Å². The molecule has 0 N–H and O–H groups in total. The molecule has 0 heterocycles. The zero-order valence-electron chi connectivity index (χ0n) is 16.9. The molecule has 144 valence electrons. The summed E-state index contributed by atoms with van der Waals surface area (Å²) >= 11 is 0. The van der Waals surface area contributed by atoms with Gasteiger partial charge < -0.3 is 18.2 Å². The number of esters is 1. The van der Waals surface area contributed by atoms with Gasteiger partial charge in [-0.1, -0.05) is 20.8 Å². The van der Waals surface area contributed by atoms with Crippen molar-refractivity contribution >= 4 is 22.8 Å². The van der Waals surface area contributed by atoms with Crippen molar-refractivity contribution in [3.63, 3.8) is 0 Å². The van der Waals surface area contributed by atoms with E-state index in [1.54, 1.807) is 14.2 Å². The Hall–Kier alpha value is -0.216. The van der Waals surface area contributed by atoms with E-state index in [1.165, 1.54) is 18.1 Å². The number of carbonyl (C=O) groups excluding carboxylic acids is 1. The van der Waals surface area contributed by atoms with Crippen LogP contribution in [0.5, 0.6) is 0 Å². The van der Waals surface area contributed by atoms with E-state index >= 15 is 0 Å². The Morgan fingerprint density at radius 2 is 1.50 bits per heavy atom. The second kappa shape index (κ2) is 12.2. The van der Waals surface area contributed by atoms with Crippen molar-refractivity contribution in [3.05, 3.63) is 0 Å². The molecule has 0 aromatic rings. The van der Waals surface area contributed by atoms with Gasteiger partial charge in [-0.25, -0.2) is 0 Å². The maximum Gasteiger partial charge on any atom is 0.334 e. The first-order valence-electron chi connectivity index (χ1n) is 9.37. The molecule has 0 aromatic carbocycles. The summed E-state index contributed by atoms with van der Waals surface area (Å²) in [6.45, 7) is 13.2. The zero-order chi connectivity index (χ0) is 18.6. The average Bonchev–Trinajstić information content (AvgIpc) is 2.60. The molecule has 0 aliphatic rings. The Morgan fingerprint density at radius 3 is 1.92 bits per heavy atom. The number of ether oxygens (including phenoxy) is 1. The summed E-state index contributed by atoms with van der Waals surface area (Å²) in [5.41, 5.74) is 0. The maximum absolute atomic E-state index is 11.8. The van der Waals surface area contributed by atoms with Crippen LogP contribution < -0.4 is 0 Å². The summed E-state index contributed by atoms with van der Waals surface area (Å²) in [5, 5.41) is 0. The number of rotatable bonds is 14. The highest BCUT2D eigenvalue weighted by atomic mass is 28.4. The van der Waals surface area contributed by atoms with Crippen molar-refractivity contribution in [1.82, 2.24) is 4.57 Å². The Balaban J connectivity index is 4.88. The number of carbonyl (C=O) groups is 1. The molecule has 7 heteroatoms. The first kappa shape index (κ1) is 23.8. The van der Waals surface area contributed by atoms with Crippen molar-refractivity contribution in [2.75, 3.05) is 33.9 Å². The van der Waals surface area contributed by atoms with Gasteiger partial charge >= 0.3 is 14.5 Å². The van der Waals surface area contributed by atoms with E-state index in [9.17, 15) is 4.79 Å². The van der Waals surface area contributed by atoms with Crippen molar-refractivity contribution < 1.29 is 18.4 Å². The van der Waals surface area contributed by atoms with Crippen LogP contribution in [0.4, 0.5) is 0 Å². The molecular weight excluding hydrogens is 338 g/mol. The molecule has 0 saturated carbocycles. The van der Waals surface area contributed by atoms with Gasteiger partial charge in [0.25, 0.3) is 0 Å². The van der Waals surface area contributed by atoms with Gasteiger partial charge in [0.05, 0.1) is 13.0 Å². The standard InChI is InChI=1S/C17H39NO4Si2/c1-8-22-17(19)13-15-18(24(9-2,10-3)11-4)14-12-16-23(7,20-5)21-6/h8-16H2,1-7H3. The SMILES string of the molecule is CCOC(=O)CCN(CCC[Si](C)(OC)OC)[Si](CC)(CC)CC. The molecular formula is C17H39NO4Si2. The smallest absolute Gasteiger partial charge is 0.334 e. The van der Waals surface area contributed by atoms with E-state index in [-0.39, 0.29) is 5.97 Å². The molecule has 0 amide bonds. The van der Waals surface area contributed by atoms with E-state index in [1.807, 2.05) is 6.92 Å². The molecule has 0 spiro atoms. The van der Waals surface area contributed by atoms with Crippen LogP contribution in [0.15, 0.2) is 0 Å². The van der Waals surface area contributed by atoms with Gasteiger partial charge in [0, 0.05) is 20.8 Å². The summed E-state index contributed by atoms with van der Waals surface area (Å²) < 4.78 is 18.9. The van der Waals surface area contributed by atoms with Gasteiger partial charge in [-0.05, 0) is 50.6 Å². The Kier molecular flexibility index (Phi) is 12.1. The molecule has 0 aromatic heterocycles. The van der Waals surface area contributed by atoms with Crippen molar-refractivity contribution in [2.24, 2.45) is 0 Å². The average molecular weight is 378 g/mol. The fourth-order valence-electron chi connectivity index (χ4n) is 3.34. The molecule has 24 heavy (non-hydrogen) atoms. The van der Waals surface area contributed by atoms with Crippen LogP contribution in [0.1, 0.15) is 40.5 Å². The monoisotopic (exact) mass is 377 g/mol. The number of hydrogen-bond donors (Lipinski definition) is 0. The lowest BCUT2D eigenvalue weighted by Gasteiger charge is -2.41. The van der Waals surface area contributed by atoms with Gasteiger partial charge in [-0.2, -0.15) is 0 Å². The quantitative estimate of drug-likeness (QED) is 0.338. The molecule has 0 saturated heterocycles. The van der Waals surface area contributed by atoms with Crippen molar-refractivity contribution in [3.8, 4) is 0 Å². The van der Waals surface area contributed by atoms with E-state index in [4.69, 9.17) is 13.6 Å². The van der Waals surface area contributed by atoms with Crippen molar-refractivity contribution in [1.29, 1.82) is 0 Å². The minimum Gasteiger partial charge on any atom is -0.466 e. The molecule has 0 fully saturated rings. The fraction of sp³-hybridized carbons (Fsp3) is 0.941. The number of nitrogens with zero attached hydrogens (tertiary/aromatic N) is 1. The van der Waals surface area contributed by atoms with Crippen LogP contribution in [0, 0.1) is 0 Å². The van der Waals surface area contributed by atoms with Crippen LogP contribution >= 0.6 is 0 Å². The van der Waals surface area contributed by atoms with Gasteiger partial charge in [0.15, 0.2) is 0 Å². The third-order valence-corrected chi connectivity index (χ3v) is 14.2. The first-order chi connectivity index (χ1) is 11.4. The van der Waals surface area contributed by atoms with E-state index < -0.39 is 16.8 Å². The normalized spacial score (nSPS) is 12.7. The number of hydrogen-bond acceptors (Lipinski definition) is 5. The van der Waals surface area contributed by atoms with Crippen LogP contribution in [-0.2, 0) is 18.4 Å². The van der Waals surface area contributed by atoms with Crippen LogP contribution in [0.3, 0.4) is 0 Å². The second-order valence-corrected chi connectivity index (χ2v) is 15.3. The van der Waals surface area contributed by atoms with Gasteiger partial charge in [-0.15, -0.1) is 0 Å². The molecule has 0 aliphatic heterocycles. The fourth-order valence-corrected chi connectivity index (χ4v) is 8.78. The largest absolute Gasteiger partial charge is 0.466 e. The van der Waals surface area contributed by atoms with E-state index in [0.717, 1.165) is 25.6 Å². The molecule has 0 bridgehead atoms. The Bertz CT molecular complexity index is 339. The third kappa shape index (κ3) is 7.35. The van der Waals surface area contributed by atoms with E-state index in [0.29, 0.717) is 13.0 Å². The topological polar surface area (TPSA) is 48.0 Å². The highest BCUT2D eigenvalue weighted by molar-refractivity contribution is 6.77. The van der Waals surface area contributed by atoms with Gasteiger partial charge in [0.1, 0.15) is 8.24 Å². The minimum atomic E-state index is -2.01. The summed E-state index contributed by atoms with van der Waals surface area (Å²) in [7, 11) is -0.0133. The molecule has 0 rings (SSSR count). The predicted molar refractivity (Wildman–Crippen MR) is 105 cm³/mol. The summed E-state index contributed by atoms with van der Waals surface area (Å²) in [6, 6.07) is 4.67. The van der Waals surface area contributed by atoms with Crippen LogP contribution in [0.25, 0.3) is 0 Å². The lowest BCUT2D eigenvalue weighted by molar-refractivity contribution is -0.143. The van der Waals surface area contributed by atoms with Crippen LogP contribution in [0.2, 0.25) is 30.7 Å². The Morgan fingerprint density at radius 1 is 0.958 bits per heavy atom. The predicted octanol–water partition coefficient (Wildman–Crippen LogP) is 4.00. The molecule has 5 nitrogen and oxygen atoms in total. The molecule has 0 aliphatic carbocycles. The summed E-state index contributed by atoms with van der Waals surface area (Å²) in [5.74, 6) is -0.0818. The molecule has 0 atom stereocenters. The highest BCUT2D eigenvalue weighted by Crippen LogP contribution is 2.26. The van der Waals surface area contributed by atoms with Crippen molar-refractivity contribution in [2.45, 2.75) is 71.3 Å². The molecule has 0 unspecified atom stereocenters. The second-order valence-electron chi connectivity index (χ2n) is 6.47. The summed E-state index contributed by atoms with van der Waals surface area (Å²) in [6.07, 6.45) is 1.55. The minimum absolute atomic E-state index is 0.0818.